The molecule has 1 radical (unpaired) electrons. The summed E-state index contributed by atoms with van der Waals surface area (Å²) in [5.74, 6) is -4.03. The van der Waals surface area contributed by atoms with Crippen LogP contribution in [-0.4, -0.2) is 53.7 Å². The summed E-state index contributed by atoms with van der Waals surface area (Å²) in [4.78, 5) is 40.9. The molecule has 145 valence electrons. The Morgan fingerprint density at radius 1 is 1.07 bits per heavy atom. The van der Waals surface area contributed by atoms with Gasteiger partial charge in [0.15, 0.2) is 5.76 Å². The number of aliphatic hydroxyl groups is 1. The molecule has 0 amide bonds. The van der Waals surface area contributed by atoms with Crippen molar-refractivity contribution in [1.82, 2.24) is 9.55 Å². The number of aliphatic hydroxyl groups excluding tert-OH is 1. The molecule has 0 spiro atoms. The minimum Gasteiger partial charge on any atom is -0.503 e. The van der Waals surface area contributed by atoms with Crippen LogP contribution in [0.25, 0.3) is 11.7 Å². The number of fused-ring (bicyclic) bond motifs is 2. The van der Waals surface area contributed by atoms with Gasteiger partial charge in [-0.15, -0.1) is 0 Å². The Labute approximate surface area is 157 Å². The van der Waals surface area contributed by atoms with Crippen LogP contribution in [0, 0.1) is 10.6 Å². The van der Waals surface area contributed by atoms with Crippen molar-refractivity contribution in [3.63, 3.8) is 0 Å². The maximum Gasteiger partial charge on any atom is 0.356 e. The van der Waals surface area contributed by atoms with Crippen molar-refractivity contribution in [1.29, 1.82) is 0 Å². The molecule has 10 heteroatoms. The van der Waals surface area contributed by atoms with Crippen molar-refractivity contribution in [2.24, 2.45) is 7.05 Å². The highest BCUT2D eigenvalue weighted by atomic mass is 16.6. The molecular weight excluding hydrogens is 372 g/mol. The van der Waals surface area contributed by atoms with Gasteiger partial charge in [0.05, 0.1) is 37.8 Å². The van der Waals surface area contributed by atoms with Crippen molar-refractivity contribution in [2.75, 3.05) is 21.3 Å². The largest absolute Gasteiger partial charge is 0.503 e. The Kier molecular flexibility index (Phi) is 4.55. The van der Waals surface area contributed by atoms with E-state index in [9.17, 15) is 24.6 Å². The highest BCUT2D eigenvalue weighted by Crippen LogP contribution is 2.16. The lowest BCUT2D eigenvalue weighted by atomic mass is 10.0. The smallest absolute Gasteiger partial charge is 0.356 e. The predicted octanol–water partition coefficient (Wildman–Crippen LogP) is -0.715. The lowest BCUT2D eigenvalue weighted by molar-refractivity contribution is 0.0591. The van der Waals surface area contributed by atoms with E-state index in [0.29, 0.717) is 0 Å². The average Bonchev–Trinajstić information content (AvgIpc) is 3.06. The summed E-state index contributed by atoms with van der Waals surface area (Å²) in [5, 5.41) is 22.4. The molecule has 0 saturated carbocycles. The van der Waals surface area contributed by atoms with E-state index in [1.807, 2.05) is 0 Å². The number of pyridine rings is 1. The number of methoxy groups -OCH3 is 3. The number of rotatable bonds is 3. The van der Waals surface area contributed by atoms with Gasteiger partial charge >= 0.3 is 17.9 Å². The first-order valence-electron chi connectivity index (χ1n) is 7.87. The fourth-order valence-electron chi connectivity index (χ4n) is 3.05. The number of ether oxygens (including phenoxy) is 3. The standard InChI is InChI=1S/C18H15N2O8/c1-20-10(18(25)28-4)6-8-13(20)11-7(16(23)26-2)5-9(17(24)27-3)19-12(11)15(22)14(8)21/h5-6,22H,1-4H3. The SMILES string of the molecule is COC(=O)c1cc(C(=O)OC)c2c(n1)=C(O)C(=O)c1cc(=C([O])OC)n(C)c1=2. The van der Waals surface area contributed by atoms with Gasteiger partial charge in [0.1, 0.15) is 16.4 Å². The average molecular weight is 387 g/mol. The van der Waals surface area contributed by atoms with Crippen LogP contribution in [0.3, 0.4) is 0 Å². The minimum atomic E-state index is -0.874. The Bertz CT molecular complexity index is 1260. The van der Waals surface area contributed by atoms with Gasteiger partial charge < -0.3 is 23.9 Å². The van der Waals surface area contributed by atoms with Crippen LogP contribution in [0.5, 0.6) is 0 Å². The number of carbonyl (C=O) groups excluding carboxylic acids is 3. The van der Waals surface area contributed by atoms with Crippen LogP contribution in [0.1, 0.15) is 31.2 Å². The van der Waals surface area contributed by atoms with Gasteiger partial charge in [-0.05, 0) is 12.1 Å². The van der Waals surface area contributed by atoms with E-state index in [2.05, 4.69) is 9.72 Å². The maximum atomic E-state index is 12.6. The van der Waals surface area contributed by atoms with E-state index in [-0.39, 0.29) is 38.1 Å². The molecule has 1 aliphatic rings. The van der Waals surface area contributed by atoms with Gasteiger partial charge in [0.25, 0.3) is 0 Å². The van der Waals surface area contributed by atoms with Crippen LogP contribution >= 0.6 is 0 Å². The van der Waals surface area contributed by atoms with Crippen LogP contribution in [0.15, 0.2) is 12.1 Å². The molecule has 28 heavy (non-hydrogen) atoms. The maximum absolute atomic E-state index is 12.6. The van der Waals surface area contributed by atoms with Gasteiger partial charge in [0, 0.05) is 12.3 Å². The summed E-state index contributed by atoms with van der Waals surface area (Å²) < 4.78 is 15.4. The molecule has 0 bridgehead atoms. The second-order valence-electron chi connectivity index (χ2n) is 5.78. The van der Waals surface area contributed by atoms with Crippen molar-refractivity contribution < 1.29 is 38.8 Å². The van der Waals surface area contributed by atoms with Crippen molar-refractivity contribution in [3.8, 4) is 0 Å². The van der Waals surface area contributed by atoms with Crippen molar-refractivity contribution >= 4 is 29.4 Å². The first kappa shape index (κ1) is 19.0. The molecule has 1 N–H and O–H groups in total. The quantitative estimate of drug-likeness (QED) is 0.682. The minimum absolute atomic E-state index is 0.0225. The summed E-state index contributed by atoms with van der Waals surface area (Å²) in [6.45, 7) is 0. The van der Waals surface area contributed by atoms with Crippen LogP contribution in [0.2, 0.25) is 0 Å². The molecule has 10 nitrogen and oxygen atoms in total. The monoisotopic (exact) mass is 387 g/mol. The van der Waals surface area contributed by atoms with E-state index in [0.717, 1.165) is 20.3 Å². The molecule has 0 aliphatic heterocycles. The number of esters is 2. The highest BCUT2D eigenvalue weighted by Gasteiger charge is 2.28. The second-order valence-corrected chi connectivity index (χ2v) is 5.78. The van der Waals surface area contributed by atoms with E-state index in [1.165, 1.54) is 24.8 Å². The Morgan fingerprint density at radius 2 is 1.71 bits per heavy atom. The van der Waals surface area contributed by atoms with Gasteiger partial charge in [-0.3, -0.25) is 4.79 Å². The Hall–Kier alpha value is -3.82. The molecule has 2 heterocycles. The molecule has 0 fully saturated rings. The molecule has 2 aromatic heterocycles. The zero-order valence-electron chi connectivity index (χ0n) is 15.4. The summed E-state index contributed by atoms with van der Waals surface area (Å²) in [5.41, 5.74) is -0.455. The summed E-state index contributed by atoms with van der Waals surface area (Å²) in [7, 11) is 4.92. The molecule has 0 aromatic carbocycles. The number of ketones is 1. The highest BCUT2D eigenvalue weighted by molar-refractivity contribution is 6.22. The van der Waals surface area contributed by atoms with Crippen molar-refractivity contribution in [2.45, 2.75) is 0 Å². The molecular formula is C18H15N2O8. The van der Waals surface area contributed by atoms with Crippen LogP contribution < -0.4 is 10.7 Å². The topological polar surface area (TPSA) is 137 Å². The number of hydrogen-bond acceptors (Lipinski definition) is 8. The third kappa shape index (κ3) is 2.57. The van der Waals surface area contributed by atoms with Crippen molar-refractivity contribution in [3.05, 3.63) is 50.2 Å². The molecule has 0 unspecified atom stereocenters. The first-order chi connectivity index (χ1) is 13.3. The van der Waals surface area contributed by atoms with Gasteiger partial charge in [-0.2, -0.15) is 0 Å². The van der Waals surface area contributed by atoms with Crippen LogP contribution in [0.4, 0.5) is 0 Å². The summed E-state index contributed by atoms with van der Waals surface area (Å²) >= 11 is 0. The third-order valence-electron chi connectivity index (χ3n) is 4.37. The fraction of sp³-hybridized carbons (Fsp3) is 0.222. The molecule has 1 aliphatic carbocycles. The van der Waals surface area contributed by atoms with Gasteiger partial charge in [-0.25, -0.2) is 19.7 Å². The summed E-state index contributed by atoms with van der Waals surface area (Å²) in [6, 6.07) is 2.38. The first-order valence-corrected chi connectivity index (χ1v) is 7.87. The summed E-state index contributed by atoms with van der Waals surface area (Å²) in [6.07, 6.45) is 0. The van der Waals surface area contributed by atoms with E-state index in [1.54, 1.807) is 0 Å². The fourth-order valence-corrected chi connectivity index (χ4v) is 3.05. The van der Waals surface area contributed by atoms with E-state index < -0.39 is 29.4 Å². The van der Waals surface area contributed by atoms with Gasteiger partial charge in [0.2, 0.25) is 5.78 Å². The number of carbonyl (C=O) groups is 3. The predicted molar refractivity (Wildman–Crippen MR) is 90.7 cm³/mol. The molecule has 0 saturated heterocycles. The van der Waals surface area contributed by atoms with E-state index in [4.69, 9.17) is 9.47 Å². The van der Waals surface area contributed by atoms with Crippen LogP contribution in [-0.2, 0) is 26.4 Å². The number of Topliss-reactive ketones (excluding diaryl/α,β-unsaturated/α-hetero) is 1. The third-order valence-corrected chi connectivity index (χ3v) is 4.37. The number of hydrogen-bond donors (Lipinski definition) is 1. The Balaban J connectivity index is 2.71. The normalized spacial score (nSPS) is 13.4. The lowest BCUT2D eigenvalue weighted by Gasteiger charge is -2.10. The lowest BCUT2D eigenvalue weighted by Crippen LogP contribution is -2.29. The zero-order valence-corrected chi connectivity index (χ0v) is 15.4. The zero-order chi connectivity index (χ0) is 20.7. The molecule has 2 aromatic rings. The molecule has 0 atom stereocenters. The van der Waals surface area contributed by atoms with Gasteiger partial charge in [-0.1, -0.05) is 0 Å². The number of nitrogens with zero attached hydrogens (tertiary/aromatic N) is 2. The second kappa shape index (κ2) is 6.72. The number of aromatic nitrogens is 2. The Morgan fingerprint density at radius 3 is 2.29 bits per heavy atom. The van der Waals surface area contributed by atoms with E-state index >= 15 is 0 Å². The molecule has 3 rings (SSSR count).